The van der Waals surface area contributed by atoms with Gasteiger partial charge in [-0.2, -0.15) is 0 Å². The van der Waals surface area contributed by atoms with Crippen LogP contribution in [-0.4, -0.2) is 12.2 Å². The van der Waals surface area contributed by atoms with Crippen LogP contribution < -0.4 is 0 Å². The molecule has 1 aromatic heterocycles. The number of hydrogen-bond donors (Lipinski definition) is 0. The fraction of sp³-hybridized carbons (Fsp3) is 0.412. The fourth-order valence-corrected chi connectivity index (χ4v) is 3.73. The molecular formula is C17H20OS. The van der Waals surface area contributed by atoms with Crippen molar-refractivity contribution >= 4 is 11.3 Å². The number of hydrogen-bond acceptors (Lipinski definition) is 2. The van der Waals surface area contributed by atoms with Gasteiger partial charge in [-0.05, 0) is 37.3 Å². The summed E-state index contributed by atoms with van der Waals surface area (Å²) < 4.78 is 6.12. The SMILES string of the molecule is CCOC1(Cc2cccs2)CC1c1ccc(C)cc1. The highest BCUT2D eigenvalue weighted by Gasteiger charge is 2.55. The third kappa shape index (κ3) is 2.60. The summed E-state index contributed by atoms with van der Waals surface area (Å²) in [5.74, 6) is 0.565. The van der Waals surface area contributed by atoms with Crippen LogP contribution in [0, 0.1) is 6.92 Å². The lowest BCUT2D eigenvalue weighted by molar-refractivity contribution is 0.0378. The normalized spacial score (nSPS) is 25.5. The maximum atomic E-state index is 6.12. The van der Waals surface area contributed by atoms with Crippen LogP contribution in [0.25, 0.3) is 0 Å². The van der Waals surface area contributed by atoms with Crippen molar-refractivity contribution in [3.8, 4) is 0 Å². The first-order valence-electron chi connectivity index (χ1n) is 6.96. The van der Waals surface area contributed by atoms with Crippen molar-refractivity contribution in [3.63, 3.8) is 0 Å². The largest absolute Gasteiger partial charge is 0.374 e. The Morgan fingerprint density at radius 3 is 2.68 bits per heavy atom. The van der Waals surface area contributed by atoms with Gasteiger partial charge in [0.1, 0.15) is 0 Å². The smallest absolute Gasteiger partial charge is 0.0806 e. The van der Waals surface area contributed by atoms with Crippen LogP contribution >= 0.6 is 11.3 Å². The lowest BCUT2D eigenvalue weighted by Crippen LogP contribution is -2.19. The Kier molecular flexibility index (Phi) is 3.46. The van der Waals surface area contributed by atoms with Gasteiger partial charge in [-0.3, -0.25) is 0 Å². The van der Waals surface area contributed by atoms with Gasteiger partial charge in [0.15, 0.2) is 0 Å². The Hall–Kier alpha value is -1.12. The van der Waals surface area contributed by atoms with Gasteiger partial charge >= 0.3 is 0 Å². The van der Waals surface area contributed by atoms with Crippen LogP contribution in [0.1, 0.15) is 35.3 Å². The molecule has 2 heteroatoms. The maximum Gasteiger partial charge on any atom is 0.0806 e. The van der Waals surface area contributed by atoms with Gasteiger partial charge in [-0.25, -0.2) is 0 Å². The van der Waals surface area contributed by atoms with Crippen molar-refractivity contribution in [2.45, 2.75) is 38.2 Å². The average Bonchev–Trinajstić information content (AvgIpc) is 2.84. The first-order valence-corrected chi connectivity index (χ1v) is 7.84. The van der Waals surface area contributed by atoms with Gasteiger partial charge in [0.25, 0.3) is 0 Å². The van der Waals surface area contributed by atoms with Crippen LogP contribution in [0.4, 0.5) is 0 Å². The first-order chi connectivity index (χ1) is 9.23. The molecule has 3 rings (SSSR count). The molecule has 1 aliphatic rings. The number of ether oxygens (including phenoxy) is 1. The minimum Gasteiger partial charge on any atom is -0.374 e. The standard InChI is InChI=1S/C17H20OS/c1-3-18-17(11-15-5-4-10-19-15)12-16(17)14-8-6-13(2)7-9-14/h4-10,16H,3,11-12H2,1-2H3. The van der Waals surface area contributed by atoms with Crippen LogP contribution in [0.15, 0.2) is 41.8 Å². The third-order valence-electron chi connectivity index (χ3n) is 3.99. The quantitative estimate of drug-likeness (QED) is 0.775. The molecule has 1 saturated carbocycles. The minimum absolute atomic E-state index is 0.0505. The van der Waals surface area contributed by atoms with Gasteiger partial charge in [-0.15, -0.1) is 11.3 Å². The van der Waals surface area contributed by atoms with E-state index in [9.17, 15) is 0 Å². The minimum atomic E-state index is 0.0505. The zero-order chi connectivity index (χ0) is 13.3. The molecule has 2 unspecified atom stereocenters. The van der Waals surface area contributed by atoms with Gasteiger partial charge < -0.3 is 4.74 Å². The highest BCUT2D eigenvalue weighted by molar-refractivity contribution is 7.09. The predicted molar refractivity (Wildman–Crippen MR) is 80.9 cm³/mol. The number of thiophene rings is 1. The molecule has 1 nitrogen and oxygen atoms in total. The summed E-state index contributed by atoms with van der Waals surface area (Å²) in [4.78, 5) is 1.43. The second-order valence-corrected chi connectivity index (χ2v) is 6.45. The molecule has 19 heavy (non-hydrogen) atoms. The van der Waals surface area contributed by atoms with Gasteiger partial charge in [0.05, 0.1) is 5.60 Å². The lowest BCUT2D eigenvalue weighted by Gasteiger charge is -2.17. The second kappa shape index (κ2) is 5.10. The van der Waals surface area contributed by atoms with Crippen molar-refractivity contribution < 1.29 is 4.74 Å². The third-order valence-corrected chi connectivity index (χ3v) is 4.87. The molecule has 0 bridgehead atoms. The summed E-state index contributed by atoms with van der Waals surface area (Å²) in [6, 6.07) is 13.3. The molecule has 1 heterocycles. The molecule has 2 aromatic rings. The van der Waals surface area contributed by atoms with E-state index >= 15 is 0 Å². The van der Waals surface area contributed by atoms with E-state index in [1.165, 1.54) is 16.0 Å². The van der Waals surface area contributed by atoms with Crippen LogP contribution in [0.2, 0.25) is 0 Å². The molecule has 100 valence electrons. The van der Waals surface area contributed by atoms with E-state index in [1.807, 2.05) is 11.3 Å². The Labute approximate surface area is 119 Å². The average molecular weight is 272 g/mol. The number of aryl methyl sites for hydroxylation is 1. The molecule has 1 fully saturated rings. The highest BCUT2D eigenvalue weighted by atomic mass is 32.1. The monoisotopic (exact) mass is 272 g/mol. The van der Waals surface area contributed by atoms with Crippen molar-refractivity contribution in [3.05, 3.63) is 57.8 Å². The summed E-state index contributed by atoms with van der Waals surface area (Å²) in [7, 11) is 0. The Bertz CT molecular complexity index is 529. The van der Waals surface area contributed by atoms with Gasteiger partial charge in [0.2, 0.25) is 0 Å². The molecule has 2 atom stereocenters. The van der Waals surface area contributed by atoms with Crippen molar-refractivity contribution in [1.29, 1.82) is 0 Å². The van der Waals surface area contributed by atoms with Crippen molar-refractivity contribution in [2.24, 2.45) is 0 Å². The number of rotatable bonds is 5. The molecular weight excluding hydrogens is 252 g/mol. The van der Waals surface area contributed by atoms with Crippen LogP contribution in [-0.2, 0) is 11.2 Å². The topological polar surface area (TPSA) is 9.23 Å². The molecule has 0 N–H and O–H groups in total. The van der Waals surface area contributed by atoms with Crippen molar-refractivity contribution in [1.82, 2.24) is 0 Å². The van der Waals surface area contributed by atoms with E-state index in [-0.39, 0.29) is 5.60 Å². The summed E-state index contributed by atoms with van der Waals surface area (Å²) in [6.45, 7) is 5.03. The summed E-state index contributed by atoms with van der Waals surface area (Å²) in [5.41, 5.74) is 2.80. The van der Waals surface area contributed by atoms with E-state index in [0.29, 0.717) is 5.92 Å². The zero-order valence-electron chi connectivity index (χ0n) is 11.6. The molecule has 0 saturated heterocycles. The van der Waals surface area contributed by atoms with E-state index in [0.717, 1.165) is 19.4 Å². The molecule has 1 aromatic carbocycles. The molecule has 0 spiro atoms. The molecule has 1 aliphatic carbocycles. The van der Waals surface area contributed by atoms with Gasteiger partial charge in [0, 0.05) is 23.8 Å². The summed E-state index contributed by atoms with van der Waals surface area (Å²) in [5, 5.41) is 2.15. The Balaban J connectivity index is 1.79. The Morgan fingerprint density at radius 1 is 1.26 bits per heavy atom. The van der Waals surface area contributed by atoms with Gasteiger partial charge in [-0.1, -0.05) is 35.9 Å². The fourth-order valence-electron chi connectivity index (χ4n) is 2.91. The lowest BCUT2D eigenvalue weighted by atomic mass is 10.0. The summed E-state index contributed by atoms with van der Waals surface area (Å²) in [6.07, 6.45) is 2.21. The van der Waals surface area contributed by atoms with Crippen molar-refractivity contribution in [2.75, 3.05) is 6.61 Å². The Morgan fingerprint density at radius 2 is 2.05 bits per heavy atom. The molecule has 0 radical (unpaired) electrons. The van der Waals surface area contributed by atoms with E-state index < -0.39 is 0 Å². The first kappa shape index (κ1) is 12.9. The highest BCUT2D eigenvalue weighted by Crippen LogP contribution is 2.56. The molecule has 0 aliphatic heterocycles. The summed E-state index contributed by atoms with van der Waals surface area (Å²) >= 11 is 1.84. The molecule has 0 amide bonds. The van der Waals surface area contributed by atoms with E-state index in [4.69, 9.17) is 4.74 Å². The van der Waals surface area contributed by atoms with Crippen LogP contribution in [0.3, 0.4) is 0 Å². The predicted octanol–water partition coefficient (Wildman–Crippen LogP) is 4.56. The number of benzene rings is 1. The second-order valence-electron chi connectivity index (χ2n) is 5.42. The maximum absolute atomic E-state index is 6.12. The van der Waals surface area contributed by atoms with Crippen LogP contribution in [0.5, 0.6) is 0 Å². The zero-order valence-corrected chi connectivity index (χ0v) is 12.4. The van der Waals surface area contributed by atoms with E-state index in [1.54, 1.807) is 0 Å². The van der Waals surface area contributed by atoms with E-state index in [2.05, 4.69) is 55.6 Å².